The van der Waals surface area contributed by atoms with Crippen LogP contribution in [0.1, 0.15) is 73.8 Å². The fourth-order valence-corrected chi connectivity index (χ4v) is 2.53. The molecule has 2 heterocycles. The van der Waals surface area contributed by atoms with Gasteiger partial charge in [-0.25, -0.2) is 0 Å². The van der Waals surface area contributed by atoms with Crippen molar-refractivity contribution in [1.82, 2.24) is 10.3 Å². The molecule has 0 saturated carbocycles. The maximum atomic E-state index is 12.4. The van der Waals surface area contributed by atoms with Crippen molar-refractivity contribution >= 4 is 23.5 Å². The third-order valence-corrected chi connectivity index (χ3v) is 4.39. The van der Waals surface area contributed by atoms with Crippen LogP contribution < -0.4 is 10.6 Å². The highest BCUT2D eigenvalue weighted by Crippen LogP contribution is 2.25. The van der Waals surface area contributed by atoms with E-state index >= 15 is 0 Å². The Morgan fingerprint density at radius 3 is 1.30 bits per heavy atom. The second-order valence-corrected chi connectivity index (χ2v) is 9.14. The number of anilines is 2. The molecule has 3 rings (SSSR count). The van der Waals surface area contributed by atoms with Gasteiger partial charge in [0.1, 0.15) is 11.5 Å². The summed E-state index contributed by atoms with van der Waals surface area (Å²) in [6.07, 6.45) is 0. The number of nitrogens with one attached hydrogen (secondary N) is 2. The van der Waals surface area contributed by atoms with Crippen molar-refractivity contribution in [1.29, 1.82) is 0 Å². The molecule has 3 aromatic rings. The van der Waals surface area contributed by atoms with Crippen molar-refractivity contribution < 1.29 is 18.6 Å². The molecular formula is C22H26N4O4. The predicted molar refractivity (Wildman–Crippen MR) is 113 cm³/mol. The number of aromatic nitrogens is 2. The van der Waals surface area contributed by atoms with E-state index in [1.807, 2.05) is 41.5 Å². The zero-order chi connectivity index (χ0) is 22.1. The zero-order valence-corrected chi connectivity index (χ0v) is 18.0. The molecule has 0 aliphatic heterocycles. The van der Waals surface area contributed by atoms with Gasteiger partial charge in [0.05, 0.1) is 0 Å². The minimum atomic E-state index is -0.345. The molecule has 0 radical (unpaired) electrons. The summed E-state index contributed by atoms with van der Waals surface area (Å²) in [5.41, 5.74) is 0.372. The highest BCUT2D eigenvalue weighted by molar-refractivity contribution is 6.06. The maximum absolute atomic E-state index is 12.4. The summed E-state index contributed by atoms with van der Waals surface area (Å²) in [5.74, 6) is 1.34. The molecule has 2 aromatic heterocycles. The van der Waals surface area contributed by atoms with Crippen LogP contribution in [0.3, 0.4) is 0 Å². The van der Waals surface area contributed by atoms with E-state index in [-0.39, 0.29) is 22.6 Å². The van der Waals surface area contributed by atoms with Gasteiger partial charge in [0.25, 0.3) is 11.8 Å². The summed E-state index contributed by atoms with van der Waals surface area (Å²) in [5, 5.41) is 13.1. The lowest BCUT2D eigenvalue weighted by Gasteiger charge is -2.12. The van der Waals surface area contributed by atoms with Crippen LogP contribution in [0.5, 0.6) is 0 Å². The predicted octanol–water partition coefficient (Wildman–Crippen LogP) is 4.76. The molecule has 0 atom stereocenters. The van der Waals surface area contributed by atoms with E-state index in [0.717, 1.165) is 0 Å². The van der Waals surface area contributed by atoms with Gasteiger partial charge in [0, 0.05) is 34.1 Å². The number of hydrogen-bond donors (Lipinski definition) is 2. The first-order valence-electron chi connectivity index (χ1n) is 9.60. The monoisotopic (exact) mass is 410 g/mol. The lowest BCUT2D eigenvalue weighted by molar-refractivity contribution is 0.101. The average molecular weight is 410 g/mol. The Labute approximate surface area is 175 Å². The summed E-state index contributed by atoms with van der Waals surface area (Å²) >= 11 is 0. The number of amides is 2. The molecule has 8 nitrogen and oxygen atoms in total. The minimum Gasteiger partial charge on any atom is -0.359 e. The fraction of sp³-hybridized carbons (Fsp3) is 0.364. The summed E-state index contributed by atoms with van der Waals surface area (Å²) in [6, 6.07) is 9.67. The number of carbonyl (C=O) groups excluding carboxylic acids is 2. The van der Waals surface area contributed by atoms with Gasteiger partial charge in [-0.3, -0.25) is 9.59 Å². The van der Waals surface area contributed by atoms with E-state index < -0.39 is 0 Å². The van der Waals surface area contributed by atoms with Crippen LogP contribution in [0.4, 0.5) is 11.6 Å². The summed E-state index contributed by atoms with van der Waals surface area (Å²) in [4.78, 5) is 24.9. The number of nitrogens with zero attached hydrogens (tertiary/aromatic N) is 2. The van der Waals surface area contributed by atoms with Crippen molar-refractivity contribution in [3.05, 3.63) is 59.0 Å². The van der Waals surface area contributed by atoms with E-state index in [4.69, 9.17) is 9.05 Å². The van der Waals surface area contributed by atoms with Crippen LogP contribution in [0.15, 0.2) is 45.4 Å². The Kier molecular flexibility index (Phi) is 5.52. The SMILES string of the molecule is CC(C)(C)c1cc(NC(=O)c2ccc(C(=O)Nc3cc(C(C)(C)C)on3)cc2)no1. The second-order valence-electron chi connectivity index (χ2n) is 9.14. The van der Waals surface area contributed by atoms with Gasteiger partial charge in [0.2, 0.25) is 0 Å². The van der Waals surface area contributed by atoms with E-state index in [2.05, 4.69) is 20.9 Å². The number of hydrogen-bond acceptors (Lipinski definition) is 6. The average Bonchev–Trinajstić information content (AvgIpc) is 3.31. The Hall–Kier alpha value is -3.42. The molecule has 2 amide bonds. The van der Waals surface area contributed by atoms with Crippen LogP contribution in [0.2, 0.25) is 0 Å². The fourth-order valence-electron chi connectivity index (χ4n) is 2.53. The number of carbonyl (C=O) groups is 2. The Bertz CT molecular complexity index is 965. The quantitative estimate of drug-likeness (QED) is 0.641. The van der Waals surface area contributed by atoms with Gasteiger partial charge in [-0.1, -0.05) is 51.9 Å². The lowest BCUT2D eigenvalue weighted by Crippen LogP contribution is -2.15. The summed E-state index contributed by atoms with van der Waals surface area (Å²) < 4.78 is 10.5. The van der Waals surface area contributed by atoms with E-state index in [1.54, 1.807) is 36.4 Å². The third kappa shape index (κ3) is 4.94. The van der Waals surface area contributed by atoms with Crippen LogP contribution in [0.25, 0.3) is 0 Å². The first-order valence-corrected chi connectivity index (χ1v) is 9.60. The Balaban J connectivity index is 1.64. The molecule has 30 heavy (non-hydrogen) atoms. The zero-order valence-electron chi connectivity index (χ0n) is 18.0. The molecule has 0 spiro atoms. The van der Waals surface area contributed by atoms with E-state index in [1.165, 1.54) is 0 Å². The molecule has 0 fully saturated rings. The first kappa shape index (κ1) is 21.3. The van der Waals surface area contributed by atoms with Crippen LogP contribution in [-0.2, 0) is 10.8 Å². The Morgan fingerprint density at radius 1 is 0.700 bits per heavy atom. The highest BCUT2D eigenvalue weighted by Gasteiger charge is 2.22. The largest absolute Gasteiger partial charge is 0.359 e. The van der Waals surface area contributed by atoms with Crippen LogP contribution in [-0.4, -0.2) is 22.1 Å². The third-order valence-electron chi connectivity index (χ3n) is 4.39. The van der Waals surface area contributed by atoms with Crippen molar-refractivity contribution in [2.75, 3.05) is 10.6 Å². The van der Waals surface area contributed by atoms with Crippen molar-refractivity contribution in [3.8, 4) is 0 Å². The molecule has 0 saturated heterocycles. The number of benzene rings is 1. The highest BCUT2D eigenvalue weighted by atomic mass is 16.5. The van der Waals surface area contributed by atoms with Crippen LogP contribution in [0, 0.1) is 0 Å². The van der Waals surface area contributed by atoms with Gasteiger partial charge in [-0.2, -0.15) is 0 Å². The van der Waals surface area contributed by atoms with Crippen molar-refractivity contribution in [2.45, 2.75) is 52.4 Å². The number of rotatable bonds is 4. The normalized spacial score (nSPS) is 11.9. The molecular weight excluding hydrogens is 384 g/mol. The minimum absolute atomic E-state index is 0.206. The maximum Gasteiger partial charge on any atom is 0.256 e. The van der Waals surface area contributed by atoms with Gasteiger partial charge >= 0.3 is 0 Å². The molecule has 0 unspecified atom stereocenters. The Morgan fingerprint density at radius 2 is 1.03 bits per heavy atom. The molecule has 158 valence electrons. The smallest absolute Gasteiger partial charge is 0.256 e. The summed E-state index contributed by atoms with van der Waals surface area (Å²) in [7, 11) is 0. The van der Waals surface area contributed by atoms with Crippen molar-refractivity contribution in [2.24, 2.45) is 0 Å². The van der Waals surface area contributed by atoms with Gasteiger partial charge in [-0.15, -0.1) is 0 Å². The molecule has 8 heteroatoms. The van der Waals surface area contributed by atoms with Crippen molar-refractivity contribution in [3.63, 3.8) is 0 Å². The van der Waals surface area contributed by atoms with E-state index in [0.29, 0.717) is 34.3 Å². The first-order chi connectivity index (χ1) is 13.9. The molecule has 0 aliphatic rings. The lowest BCUT2D eigenvalue weighted by atomic mass is 9.93. The standard InChI is InChI=1S/C22H26N4O4/c1-21(2,3)15-11-17(25-29-15)23-19(27)13-7-9-14(10-8-13)20(28)24-18-12-16(30-26-18)22(4,5)6/h7-12H,1-6H3,(H,23,25,27)(H,24,26,28). The van der Waals surface area contributed by atoms with Crippen LogP contribution >= 0.6 is 0 Å². The summed E-state index contributed by atoms with van der Waals surface area (Å²) in [6.45, 7) is 12.0. The van der Waals surface area contributed by atoms with Gasteiger partial charge in [0.15, 0.2) is 11.6 Å². The van der Waals surface area contributed by atoms with Gasteiger partial charge < -0.3 is 19.7 Å². The molecule has 0 bridgehead atoms. The second kappa shape index (κ2) is 7.78. The molecule has 1 aromatic carbocycles. The van der Waals surface area contributed by atoms with E-state index in [9.17, 15) is 9.59 Å². The molecule has 0 aliphatic carbocycles. The molecule has 2 N–H and O–H groups in total. The van der Waals surface area contributed by atoms with Gasteiger partial charge in [-0.05, 0) is 24.3 Å². The topological polar surface area (TPSA) is 110 Å².